The minimum atomic E-state index is -0.576. The molecule has 0 fully saturated rings. The van der Waals surface area contributed by atoms with E-state index in [2.05, 4.69) is 26.1 Å². The summed E-state index contributed by atoms with van der Waals surface area (Å²) in [5, 5.41) is 13.0. The SMILES string of the molecule is CC(C)C(C)NCC(O)COCc1ccccc1F. The molecule has 0 aliphatic rings. The van der Waals surface area contributed by atoms with Crippen molar-refractivity contribution in [2.45, 2.75) is 39.5 Å². The first-order valence-electron chi connectivity index (χ1n) is 6.73. The fourth-order valence-corrected chi connectivity index (χ4v) is 1.54. The Kier molecular flexibility index (Phi) is 6.99. The van der Waals surface area contributed by atoms with Gasteiger partial charge in [-0.2, -0.15) is 0 Å². The summed E-state index contributed by atoms with van der Waals surface area (Å²) in [5.41, 5.74) is 0.512. The zero-order valence-electron chi connectivity index (χ0n) is 11.9. The molecule has 0 radical (unpaired) electrons. The lowest BCUT2D eigenvalue weighted by Crippen LogP contribution is -2.38. The molecule has 2 atom stereocenters. The van der Waals surface area contributed by atoms with Crippen LogP contribution in [0.5, 0.6) is 0 Å². The summed E-state index contributed by atoms with van der Waals surface area (Å²) >= 11 is 0. The number of halogens is 1. The van der Waals surface area contributed by atoms with Crippen molar-refractivity contribution in [3.8, 4) is 0 Å². The van der Waals surface area contributed by atoms with Crippen LogP contribution in [0.15, 0.2) is 24.3 Å². The Labute approximate surface area is 114 Å². The minimum absolute atomic E-state index is 0.184. The van der Waals surface area contributed by atoms with Gasteiger partial charge >= 0.3 is 0 Å². The second kappa shape index (κ2) is 8.25. The molecule has 0 heterocycles. The summed E-state index contributed by atoms with van der Waals surface area (Å²) in [6.07, 6.45) is -0.576. The quantitative estimate of drug-likeness (QED) is 0.761. The third-order valence-corrected chi connectivity index (χ3v) is 3.20. The predicted octanol–water partition coefficient (Wildman–Crippen LogP) is 2.34. The lowest BCUT2D eigenvalue weighted by atomic mass is 10.1. The fraction of sp³-hybridized carbons (Fsp3) is 0.600. The third-order valence-electron chi connectivity index (χ3n) is 3.20. The van der Waals surface area contributed by atoms with Gasteiger partial charge < -0.3 is 15.2 Å². The van der Waals surface area contributed by atoms with Crippen LogP contribution in [0, 0.1) is 11.7 Å². The van der Waals surface area contributed by atoms with Crippen molar-refractivity contribution >= 4 is 0 Å². The molecule has 1 aromatic carbocycles. The Bertz CT molecular complexity index is 371. The maximum Gasteiger partial charge on any atom is 0.128 e. The Hall–Kier alpha value is -0.970. The van der Waals surface area contributed by atoms with Crippen LogP contribution >= 0.6 is 0 Å². The van der Waals surface area contributed by atoms with Crippen molar-refractivity contribution in [1.29, 1.82) is 0 Å². The lowest BCUT2D eigenvalue weighted by molar-refractivity contribution is 0.0262. The summed E-state index contributed by atoms with van der Waals surface area (Å²) < 4.78 is 18.6. The highest BCUT2D eigenvalue weighted by molar-refractivity contribution is 5.16. The van der Waals surface area contributed by atoms with E-state index < -0.39 is 6.10 Å². The maximum atomic E-state index is 13.3. The second-order valence-corrected chi connectivity index (χ2v) is 5.20. The topological polar surface area (TPSA) is 41.5 Å². The molecular weight excluding hydrogens is 245 g/mol. The van der Waals surface area contributed by atoms with E-state index in [9.17, 15) is 9.50 Å². The van der Waals surface area contributed by atoms with Gasteiger partial charge in [0.15, 0.2) is 0 Å². The van der Waals surface area contributed by atoms with Crippen LogP contribution in [-0.4, -0.2) is 30.4 Å². The highest BCUT2D eigenvalue weighted by atomic mass is 19.1. The van der Waals surface area contributed by atoms with Crippen LogP contribution in [0.1, 0.15) is 26.3 Å². The van der Waals surface area contributed by atoms with Gasteiger partial charge in [0.25, 0.3) is 0 Å². The number of benzene rings is 1. The van der Waals surface area contributed by atoms with E-state index in [1.807, 2.05) is 0 Å². The number of nitrogens with one attached hydrogen (secondary N) is 1. The van der Waals surface area contributed by atoms with Crippen molar-refractivity contribution in [2.24, 2.45) is 5.92 Å². The summed E-state index contributed by atoms with van der Waals surface area (Å²) in [6.45, 7) is 7.20. The van der Waals surface area contributed by atoms with Gasteiger partial charge in [0, 0.05) is 18.2 Å². The molecular formula is C15H24FNO2. The van der Waals surface area contributed by atoms with E-state index in [1.54, 1.807) is 18.2 Å². The average molecular weight is 269 g/mol. The van der Waals surface area contributed by atoms with Crippen molar-refractivity contribution in [3.05, 3.63) is 35.6 Å². The Morgan fingerprint density at radius 2 is 1.95 bits per heavy atom. The smallest absolute Gasteiger partial charge is 0.128 e. The van der Waals surface area contributed by atoms with Gasteiger partial charge in [0.05, 0.1) is 19.3 Å². The zero-order chi connectivity index (χ0) is 14.3. The molecule has 0 aromatic heterocycles. The highest BCUT2D eigenvalue weighted by Gasteiger charge is 2.10. The van der Waals surface area contributed by atoms with Gasteiger partial charge in [-0.15, -0.1) is 0 Å². The molecule has 0 amide bonds. The average Bonchev–Trinajstić information content (AvgIpc) is 2.38. The van der Waals surface area contributed by atoms with E-state index in [0.29, 0.717) is 24.1 Å². The van der Waals surface area contributed by atoms with E-state index in [1.165, 1.54) is 6.07 Å². The van der Waals surface area contributed by atoms with Crippen LogP contribution in [-0.2, 0) is 11.3 Å². The molecule has 0 saturated heterocycles. The number of rotatable bonds is 8. The van der Waals surface area contributed by atoms with E-state index in [-0.39, 0.29) is 19.0 Å². The Morgan fingerprint density at radius 3 is 2.58 bits per heavy atom. The van der Waals surface area contributed by atoms with Crippen LogP contribution in [0.25, 0.3) is 0 Å². The van der Waals surface area contributed by atoms with E-state index in [0.717, 1.165) is 0 Å². The third kappa shape index (κ3) is 6.14. The van der Waals surface area contributed by atoms with Gasteiger partial charge in [-0.3, -0.25) is 0 Å². The number of hydrogen-bond acceptors (Lipinski definition) is 3. The van der Waals surface area contributed by atoms with Crippen LogP contribution in [0.3, 0.4) is 0 Å². The first-order valence-corrected chi connectivity index (χ1v) is 6.73. The standard InChI is InChI=1S/C15H24FNO2/c1-11(2)12(3)17-8-14(18)10-19-9-13-6-4-5-7-15(13)16/h4-7,11-12,14,17-18H,8-10H2,1-3H3. The van der Waals surface area contributed by atoms with Crippen molar-refractivity contribution in [1.82, 2.24) is 5.32 Å². The summed E-state index contributed by atoms with van der Waals surface area (Å²) in [5.74, 6) is 0.245. The molecule has 0 spiro atoms. The number of aliphatic hydroxyl groups excluding tert-OH is 1. The highest BCUT2D eigenvalue weighted by Crippen LogP contribution is 2.07. The molecule has 0 aliphatic carbocycles. The van der Waals surface area contributed by atoms with Crippen molar-refractivity contribution in [2.75, 3.05) is 13.2 Å². The maximum absolute atomic E-state index is 13.3. The van der Waals surface area contributed by atoms with Gasteiger partial charge in [-0.25, -0.2) is 4.39 Å². The fourth-order valence-electron chi connectivity index (χ4n) is 1.54. The van der Waals surface area contributed by atoms with Gasteiger partial charge in [-0.1, -0.05) is 32.0 Å². The summed E-state index contributed by atoms with van der Waals surface area (Å²) in [7, 11) is 0. The van der Waals surface area contributed by atoms with Crippen molar-refractivity contribution < 1.29 is 14.2 Å². The molecule has 1 aromatic rings. The van der Waals surface area contributed by atoms with E-state index in [4.69, 9.17) is 4.74 Å². The first-order chi connectivity index (χ1) is 9.00. The Morgan fingerprint density at radius 1 is 1.26 bits per heavy atom. The molecule has 19 heavy (non-hydrogen) atoms. The molecule has 0 aliphatic heterocycles. The van der Waals surface area contributed by atoms with Crippen LogP contribution in [0.2, 0.25) is 0 Å². The predicted molar refractivity (Wildman–Crippen MR) is 74.4 cm³/mol. The second-order valence-electron chi connectivity index (χ2n) is 5.20. The molecule has 0 bridgehead atoms. The molecule has 3 nitrogen and oxygen atoms in total. The van der Waals surface area contributed by atoms with Gasteiger partial charge in [0.2, 0.25) is 0 Å². The number of ether oxygens (including phenoxy) is 1. The van der Waals surface area contributed by atoms with Crippen molar-refractivity contribution in [3.63, 3.8) is 0 Å². The van der Waals surface area contributed by atoms with Gasteiger partial charge in [-0.05, 0) is 18.9 Å². The monoisotopic (exact) mass is 269 g/mol. The molecule has 2 unspecified atom stereocenters. The Balaban J connectivity index is 2.20. The first kappa shape index (κ1) is 16.1. The van der Waals surface area contributed by atoms with Crippen LogP contribution < -0.4 is 5.32 Å². The lowest BCUT2D eigenvalue weighted by Gasteiger charge is -2.20. The minimum Gasteiger partial charge on any atom is -0.389 e. The molecule has 108 valence electrons. The number of hydrogen-bond donors (Lipinski definition) is 2. The van der Waals surface area contributed by atoms with Gasteiger partial charge in [0.1, 0.15) is 5.82 Å². The molecule has 4 heteroatoms. The number of aliphatic hydroxyl groups is 1. The molecule has 2 N–H and O–H groups in total. The van der Waals surface area contributed by atoms with E-state index >= 15 is 0 Å². The normalized spacial score (nSPS) is 14.6. The molecule has 1 rings (SSSR count). The summed E-state index contributed by atoms with van der Waals surface area (Å²) in [6, 6.07) is 6.85. The molecule has 0 saturated carbocycles. The van der Waals surface area contributed by atoms with Crippen LogP contribution in [0.4, 0.5) is 4.39 Å². The zero-order valence-corrected chi connectivity index (χ0v) is 11.9. The largest absolute Gasteiger partial charge is 0.389 e. The summed E-state index contributed by atoms with van der Waals surface area (Å²) in [4.78, 5) is 0.